The summed E-state index contributed by atoms with van der Waals surface area (Å²) < 4.78 is 1.94. The van der Waals surface area contributed by atoms with Crippen molar-refractivity contribution >= 4 is 29.0 Å². The number of anilines is 2. The maximum Gasteiger partial charge on any atom is 0.224 e. The highest BCUT2D eigenvalue weighted by Gasteiger charge is 2.06. The minimum Gasteiger partial charge on any atom is -0.399 e. The van der Waals surface area contributed by atoms with E-state index in [0.29, 0.717) is 12.1 Å². The minimum absolute atomic E-state index is 0.00431. The van der Waals surface area contributed by atoms with Gasteiger partial charge >= 0.3 is 0 Å². The van der Waals surface area contributed by atoms with E-state index in [1.165, 1.54) is 0 Å². The molecule has 2 aromatic rings. The van der Waals surface area contributed by atoms with Crippen molar-refractivity contribution in [1.29, 1.82) is 0 Å². The van der Waals surface area contributed by atoms with Crippen molar-refractivity contribution in [2.45, 2.75) is 24.9 Å². The Balaban J connectivity index is 1.71. The molecule has 0 saturated heterocycles. The van der Waals surface area contributed by atoms with Crippen LogP contribution < -0.4 is 11.1 Å². The van der Waals surface area contributed by atoms with E-state index in [-0.39, 0.29) is 5.91 Å². The van der Waals surface area contributed by atoms with E-state index in [9.17, 15) is 4.79 Å². The van der Waals surface area contributed by atoms with Crippen LogP contribution in [0.4, 0.5) is 11.4 Å². The quantitative estimate of drug-likeness (QED) is 0.485. The fraction of sp³-hybridized carbons (Fsp3) is 0.357. The molecule has 0 aliphatic heterocycles. The lowest BCUT2D eigenvalue weighted by Gasteiger charge is -2.06. The number of nitrogens with two attached hydrogens (primary N) is 1. The Kier molecular flexibility index (Phi) is 5.21. The number of thioether (sulfide) groups is 1. The molecule has 0 fully saturated rings. The highest BCUT2D eigenvalue weighted by molar-refractivity contribution is 7.99. The lowest BCUT2D eigenvalue weighted by molar-refractivity contribution is -0.116. The summed E-state index contributed by atoms with van der Waals surface area (Å²) in [5, 5.41) is 11.8. The number of nitrogen functional groups attached to an aromatic ring is 1. The van der Waals surface area contributed by atoms with Gasteiger partial charge in [-0.3, -0.25) is 4.79 Å². The summed E-state index contributed by atoms with van der Waals surface area (Å²) in [6.07, 6.45) is 1.25. The van der Waals surface area contributed by atoms with Crippen molar-refractivity contribution < 1.29 is 4.79 Å². The molecule has 1 heterocycles. The Morgan fingerprint density at radius 3 is 2.90 bits per heavy atom. The van der Waals surface area contributed by atoms with E-state index in [1.807, 2.05) is 30.7 Å². The molecule has 0 aliphatic carbocycles. The molecule has 1 amide bonds. The number of carbonyl (C=O) groups excluding carboxylic acids is 1. The van der Waals surface area contributed by atoms with Crippen molar-refractivity contribution in [3.05, 3.63) is 30.1 Å². The van der Waals surface area contributed by atoms with Gasteiger partial charge in [0.1, 0.15) is 5.82 Å². The molecule has 2 rings (SSSR count). The third-order valence-electron chi connectivity index (χ3n) is 3.00. The predicted molar refractivity (Wildman–Crippen MR) is 85.2 cm³/mol. The molecule has 112 valence electrons. The van der Waals surface area contributed by atoms with Gasteiger partial charge in [0, 0.05) is 30.6 Å². The summed E-state index contributed by atoms with van der Waals surface area (Å²) in [6.45, 7) is 1.91. The van der Waals surface area contributed by atoms with Gasteiger partial charge in [0.25, 0.3) is 0 Å². The molecule has 0 saturated carbocycles. The summed E-state index contributed by atoms with van der Waals surface area (Å²) in [6, 6.07) is 7.17. The average molecular weight is 305 g/mol. The number of nitrogens with one attached hydrogen (secondary N) is 1. The molecule has 6 nitrogen and oxygen atoms in total. The SMILES string of the molecule is Cc1nnc(SCCCC(=O)Nc2cccc(N)c2)n1C. The standard InChI is InChI=1S/C14H19N5OS/c1-10-17-18-14(19(10)2)21-8-4-7-13(20)16-12-6-3-5-11(15)9-12/h3,5-6,9H,4,7-8,15H2,1-2H3,(H,16,20). The van der Waals surface area contributed by atoms with Crippen LogP contribution in [0.5, 0.6) is 0 Å². The van der Waals surface area contributed by atoms with Gasteiger partial charge in [0.2, 0.25) is 5.91 Å². The number of aromatic nitrogens is 3. The van der Waals surface area contributed by atoms with E-state index < -0.39 is 0 Å². The molecule has 0 atom stereocenters. The summed E-state index contributed by atoms with van der Waals surface area (Å²) in [5.74, 6) is 1.71. The number of nitrogens with zero attached hydrogens (tertiary/aromatic N) is 3. The van der Waals surface area contributed by atoms with E-state index in [2.05, 4.69) is 15.5 Å². The van der Waals surface area contributed by atoms with Gasteiger partial charge in [-0.25, -0.2) is 0 Å². The molecule has 1 aromatic heterocycles. The van der Waals surface area contributed by atoms with Crippen LogP contribution in [0.25, 0.3) is 0 Å². The number of carbonyl (C=O) groups is 1. The molecule has 7 heteroatoms. The predicted octanol–water partition coefficient (Wildman–Crippen LogP) is 2.22. The van der Waals surface area contributed by atoms with Gasteiger partial charge in [-0.1, -0.05) is 17.8 Å². The Morgan fingerprint density at radius 2 is 2.24 bits per heavy atom. The lowest BCUT2D eigenvalue weighted by Crippen LogP contribution is -2.11. The third-order valence-corrected chi connectivity index (χ3v) is 4.11. The maximum absolute atomic E-state index is 11.8. The summed E-state index contributed by atoms with van der Waals surface area (Å²) in [7, 11) is 1.93. The molecule has 0 spiro atoms. The number of aryl methyl sites for hydroxylation is 1. The smallest absolute Gasteiger partial charge is 0.224 e. The Labute approximate surface area is 128 Å². The van der Waals surface area contributed by atoms with Gasteiger partial charge < -0.3 is 15.6 Å². The van der Waals surface area contributed by atoms with Crippen LogP contribution in [-0.4, -0.2) is 26.4 Å². The monoisotopic (exact) mass is 305 g/mol. The summed E-state index contributed by atoms with van der Waals surface area (Å²) >= 11 is 1.61. The molecular weight excluding hydrogens is 286 g/mol. The minimum atomic E-state index is -0.00431. The molecule has 0 aliphatic rings. The number of rotatable bonds is 6. The molecular formula is C14H19N5OS. The van der Waals surface area contributed by atoms with E-state index in [0.717, 1.165) is 28.8 Å². The first-order chi connectivity index (χ1) is 10.1. The second kappa shape index (κ2) is 7.12. The number of benzene rings is 1. The van der Waals surface area contributed by atoms with Crippen molar-refractivity contribution in [2.24, 2.45) is 7.05 Å². The Hall–Kier alpha value is -2.02. The van der Waals surface area contributed by atoms with Crippen molar-refractivity contribution in [3.63, 3.8) is 0 Å². The topological polar surface area (TPSA) is 85.8 Å². The number of amides is 1. The first-order valence-corrected chi connectivity index (χ1v) is 7.69. The highest BCUT2D eigenvalue weighted by atomic mass is 32.2. The van der Waals surface area contributed by atoms with Crippen LogP contribution >= 0.6 is 11.8 Å². The van der Waals surface area contributed by atoms with Crippen LogP contribution in [0.3, 0.4) is 0 Å². The molecule has 3 N–H and O–H groups in total. The molecule has 0 bridgehead atoms. The molecule has 0 unspecified atom stereocenters. The van der Waals surface area contributed by atoms with Crippen LogP contribution in [-0.2, 0) is 11.8 Å². The third kappa shape index (κ3) is 4.49. The highest BCUT2D eigenvalue weighted by Crippen LogP contribution is 2.17. The molecule has 1 aromatic carbocycles. The van der Waals surface area contributed by atoms with E-state index in [4.69, 9.17) is 5.73 Å². The van der Waals surface area contributed by atoms with Crippen LogP contribution in [0.1, 0.15) is 18.7 Å². The second-order valence-electron chi connectivity index (χ2n) is 4.71. The van der Waals surface area contributed by atoms with Gasteiger partial charge in [0.05, 0.1) is 0 Å². The summed E-state index contributed by atoms with van der Waals surface area (Å²) in [5.41, 5.74) is 7.04. The lowest BCUT2D eigenvalue weighted by atomic mass is 10.2. The van der Waals surface area contributed by atoms with Crippen LogP contribution in [0.15, 0.2) is 29.4 Å². The van der Waals surface area contributed by atoms with E-state index >= 15 is 0 Å². The average Bonchev–Trinajstić information content (AvgIpc) is 2.75. The van der Waals surface area contributed by atoms with Crippen LogP contribution in [0, 0.1) is 6.92 Å². The zero-order valence-corrected chi connectivity index (χ0v) is 13.0. The fourth-order valence-corrected chi connectivity index (χ4v) is 2.65. The Morgan fingerprint density at radius 1 is 1.43 bits per heavy atom. The first kappa shape index (κ1) is 15.4. The second-order valence-corrected chi connectivity index (χ2v) is 5.78. The van der Waals surface area contributed by atoms with Crippen molar-refractivity contribution in [1.82, 2.24) is 14.8 Å². The maximum atomic E-state index is 11.8. The zero-order chi connectivity index (χ0) is 15.2. The fourth-order valence-electron chi connectivity index (χ4n) is 1.75. The molecule has 21 heavy (non-hydrogen) atoms. The van der Waals surface area contributed by atoms with Crippen LogP contribution in [0.2, 0.25) is 0 Å². The number of hydrogen-bond donors (Lipinski definition) is 2. The Bertz CT molecular complexity index is 626. The van der Waals surface area contributed by atoms with Gasteiger partial charge in [-0.05, 0) is 31.5 Å². The van der Waals surface area contributed by atoms with Gasteiger partial charge in [-0.15, -0.1) is 10.2 Å². The largest absolute Gasteiger partial charge is 0.399 e. The molecule has 0 radical (unpaired) electrons. The first-order valence-electron chi connectivity index (χ1n) is 6.70. The van der Waals surface area contributed by atoms with Gasteiger partial charge in [0.15, 0.2) is 5.16 Å². The van der Waals surface area contributed by atoms with E-state index in [1.54, 1.807) is 23.9 Å². The van der Waals surface area contributed by atoms with Gasteiger partial charge in [-0.2, -0.15) is 0 Å². The van der Waals surface area contributed by atoms with Crippen molar-refractivity contribution in [2.75, 3.05) is 16.8 Å². The number of hydrogen-bond acceptors (Lipinski definition) is 5. The summed E-state index contributed by atoms with van der Waals surface area (Å²) in [4.78, 5) is 11.8. The van der Waals surface area contributed by atoms with Crippen molar-refractivity contribution in [3.8, 4) is 0 Å². The zero-order valence-electron chi connectivity index (χ0n) is 12.2. The normalized spacial score (nSPS) is 10.6.